The lowest BCUT2D eigenvalue weighted by Gasteiger charge is -2.30. The van der Waals surface area contributed by atoms with Gasteiger partial charge in [-0.3, -0.25) is 4.99 Å². The van der Waals surface area contributed by atoms with E-state index in [4.69, 9.17) is 5.73 Å². The van der Waals surface area contributed by atoms with Crippen LogP contribution in [0, 0.1) is 5.82 Å². The van der Waals surface area contributed by atoms with Gasteiger partial charge in [-0.05, 0) is 42.0 Å². The van der Waals surface area contributed by atoms with Gasteiger partial charge in [-0.2, -0.15) is 13.2 Å². The van der Waals surface area contributed by atoms with E-state index < -0.39 is 28.0 Å². The summed E-state index contributed by atoms with van der Waals surface area (Å²) in [6.07, 6.45) is -2.75. The molecule has 1 unspecified atom stereocenters. The Labute approximate surface area is 167 Å². The van der Waals surface area contributed by atoms with Crippen LogP contribution in [0.4, 0.5) is 34.1 Å². The number of anilines is 3. The molecular weight excluding hydrogens is 408 g/mol. The highest BCUT2D eigenvalue weighted by Crippen LogP contribution is 2.47. The predicted octanol–water partition coefficient (Wildman–Crippen LogP) is 4.45. The molecule has 2 aromatic carbocycles. The van der Waals surface area contributed by atoms with Crippen molar-refractivity contribution in [3.05, 3.63) is 70.5 Å². The first-order valence-corrected chi connectivity index (χ1v) is 9.07. The molecule has 0 fully saturated rings. The van der Waals surface area contributed by atoms with Gasteiger partial charge in [0.2, 0.25) is 5.60 Å². The maximum Gasteiger partial charge on any atom is 0.426 e. The van der Waals surface area contributed by atoms with Gasteiger partial charge in [0.05, 0.1) is 4.88 Å². The van der Waals surface area contributed by atoms with E-state index in [0.29, 0.717) is 28.3 Å². The molecule has 0 aliphatic rings. The number of nitrogen functional groups attached to an aromatic ring is 1. The number of aliphatic imine (C=N–C) groups is 1. The number of alkyl halides is 3. The summed E-state index contributed by atoms with van der Waals surface area (Å²) in [6.45, 7) is 0. The number of benzene rings is 2. The monoisotopic (exact) mass is 424 g/mol. The smallest absolute Gasteiger partial charge is 0.375 e. The zero-order valence-corrected chi connectivity index (χ0v) is 15.9. The van der Waals surface area contributed by atoms with E-state index >= 15 is 0 Å². The van der Waals surface area contributed by atoms with E-state index in [2.05, 4.69) is 15.3 Å². The number of nitrogens with zero attached hydrogens (tertiary/aromatic N) is 2. The Bertz CT molecular complexity index is 1030. The van der Waals surface area contributed by atoms with Gasteiger partial charge in [0, 0.05) is 36.4 Å². The highest BCUT2D eigenvalue weighted by molar-refractivity contribution is 7.15. The Kier molecular flexibility index (Phi) is 5.58. The molecule has 0 bridgehead atoms. The minimum absolute atomic E-state index is 0.0902. The molecule has 29 heavy (non-hydrogen) atoms. The van der Waals surface area contributed by atoms with Gasteiger partial charge in [0.15, 0.2) is 5.13 Å². The van der Waals surface area contributed by atoms with Crippen LogP contribution < -0.4 is 11.1 Å². The van der Waals surface area contributed by atoms with Gasteiger partial charge < -0.3 is 16.2 Å². The molecule has 3 rings (SSSR count). The van der Waals surface area contributed by atoms with Crippen LogP contribution in [0.25, 0.3) is 0 Å². The van der Waals surface area contributed by atoms with Gasteiger partial charge in [0.1, 0.15) is 5.82 Å². The highest BCUT2D eigenvalue weighted by Gasteiger charge is 2.57. The molecule has 0 radical (unpaired) electrons. The molecule has 152 valence electrons. The third-order valence-corrected chi connectivity index (χ3v) is 5.09. The number of hydrogen-bond donors (Lipinski definition) is 3. The van der Waals surface area contributed by atoms with Crippen LogP contribution in [-0.2, 0) is 5.60 Å². The van der Waals surface area contributed by atoms with Crippen LogP contribution in [0.2, 0.25) is 0 Å². The first-order valence-electron chi connectivity index (χ1n) is 8.25. The molecule has 1 atom stereocenters. The number of aliphatic hydroxyl groups is 1. The topological polar surface area (TPSA) is 83.5 Å². The molecule has 10 heteroatoms. The predicted molar refractivity (Wildman–Crippen MR) is 105 cm³/mol. The van der Waals surface area contributed by atoms with Crippen molar-refractivity contribution in [2.75, 3.05) is 18.1 Å². The maximum absolute atomic E-state index is 13.9. The molecule has 0 aliphatic heterocycles. The van der Waals surface area contributed by atoms with Crippen molar-refractivity contribution in [2.24, 2.45) is 4.99 Å². The van der Waals surface area contributed by atoms with E-state index in [0.717, 1.165) is 12.3 Å². The Morgan fingerprint density at radius 2 is 1.86 bits per heavy atom. The summed E-state index contributed by atoms with van der Waals surface area (Å²) in [5.74, 6) is -0.416. The van der Waals surface area contributed by atoms with Gasteiger partial charge >= 0.3 is 6.18 Å². The molecule has 0 amide bonds. The fourth-order valence-electron chi connectivity index (χ4n) is 2.74. The molecule has 0 spiro atoms. The van der Waals surface area contributed by atoms with Crippen molar-refractivity contribution in [3.63, 3.8) is 0 Å². The second-order valence-electron chi connectivity index (χ2n) is 6.09. The third kappa shape index (κ3) is 4.08. The van der Waals surface area contributed by atoms with Crippen molar-refractivity contribution in [3.8, 4) is 0 Å². The fraction of sp³-hybridized carbons (Fsp3) is 0.158. The third-order valence-electron chi connectivity index (χ3n) is 4.15. The highest BCUT2D eigenvalue weighted by atomic mass is 32.1. The first kappa shape index (κ1) is 20.7. The second kappa shape index (κ2) is 7.80. The van der Waals surface area contributed by atoms with Crippen molar-refractivity contribution >= 4 is 34.1 Å². The Morgan fingerprint density at radius 3 is 2.41 bits per heavy atom. The summed E-state index contributed by atoms with van der Waals surface area (Å²) < 4.78 is 54.8. The number of rotatable bonds is 5. The Balaban J connectivity index is 2.09. The fourth-order valence-corrected chi connectivity index (χ4v) is 3.55. The number of nitrogens with two attached hydrogens (primary N) is 1. The minimum Gasteiger partial charge on any atom is -0.375 e. The van der Waals surface area contributed by atoms with Crippen LogP contribution in [0.5, 0.6) is 0 Å². The van der Waals surface area contributed by atoms with Crippen LogP contribution in [0.3, 0.4) is 0 Å². The lowest BCUT2D eigenvalue weighted by atomic mass is 9.90. The van der Waals surface area contributed by atoms with Gasteiger partial charge in [-0.25, -0.2) is 9.37 Å². The maximum atomic E-state index is 13.9. The molecule has 5 nitrogen and oxygen atoms in total. The molecular formula is C19H16F4N4OS. The van der Waals surface area contributed by atoms with Gasteiger partial charge in [-0.15, -0.1) is 0 Å². The lowest BCUT2D eigenvalue weighted by Crippen LogP contribution is -2.42. The van der Waals surface area contributed by atoms with Crippen LogP contribution in [0.15, 0.2) is 53.7 Å². The Morgan fingerprint density at radius 1 is 1.17 bits per heavy atom. The summed E-state index contributed by atoms with van der Waals surface area (Å²) in [7, 11) is 1.47. The van der Waals surface area contributed by atoms with E-state index in [1.807, 2.05) is 0 Å². The summed E-state index contributed by atoms with van der Waals surface area (Å²) in [6, 6.07) is 9.20. The molecule has 0 saturated heterocycles. The zero-order valence-electron chi connectivity index (χ0n) is 15.0. The number of hydrogen-bond acceptors (Lipinski definition) is 6. The lowest BCUT2D eigenvalue weighted by molar-refractivity contribution is -0.247. The van der Waals surface area contributed by atoms with Crippen molar-refractivity contribution in [1.29, 1.82) is 0 Å². The summed E-state index contributed by atoms with van der Waals surface area (Å²) in [5.41, 5.74) is 3.04. The molecule has 4 N–H and O–H groups in total. The number of aromatic nitrogens is 1. The zero-order chi connectivity index (χ0) is 21.2. The normalized spacial score (nSPS) is 14.1. The number of thiazole rings is 1. The van der Waals surface area contributed by atoms with Gasteiger partial charge in [-0.1, -0.05) is 17.4 Å². The molecule has 3 aromatic rings. The summed E-state index contributed by atoms with van der Waals surface area (Å²) in [5, 5.41) is 13.6. The molecule has 1 heterocycles. The Hall–Kier alpha value is -2.98. The minimum atomic E-state index is -5.02. The number of nitrogens with one attached hydrogen (secondary N) is 1. The van der Waals surface area contributed by atoms with E-state index in [9.17, 15) is 22.7 Å². The largest absolute Gasteiger partial charge is 0.426 e. The average Bonchev–Trinajstić information content (AvgIpc) is 3.10. The van der Waals surface area contributed by atoms with E-state index in [1.165, 1.54) is 49.7 Å². The molecule has 0 aliphatic carbocycles. The SMILES string of the molecule is CN=Cc1cc(C(O)(c2cnc(N)s2)C(F)(F)F)ccc1Nc1ccc(F)cc1. The van der Waals surface area contributed by atoms with Crippen molar-refractivity contribution in [2.45, 2.75) is 11.8 Å². The first-order chi connectivity index (χ1) is 13.6. The van der Waals surface area contributed by atoms with Crippen LogP contribution in [0.1, 0.15) is 16.0 Å². The van der Waals surface area contributed by atoms with Crippen molar-refractivity contribution < 1.29 is 22.7 Å². The summed E-state index contributed by atoms with van der Waals surface area (Å²) in [4.78, 5) is 7.05. The average molecular weight is 424 g/mol. The van der Waals surface area contributed by atoms with E-state index in [-0.39, 0.29) is 5.13 Å². The van der Waals surface area contributed by atoms with E-state index in [1.54, 1.807) is 0 Å². The molecule has 1 aromatic heterocycles. The quantitative estimate of drug-likeness (QED) is 0.417. The number of halogens is 4. The van der Waals surface area contributed by atoms with Crippen LogP contribution >= 0.6 is 11.3 Å². The second-order valence-corrected chi connectivity index (χ2v) is 7.15. The standard InChI is InChI=1S/C19H16F4N4OS/c1-25-9-11-8-12(2-7-15(11)27-14-5-3-13(20)4-6-14)18(28,19(21,22)23)16-10-26-17(24)29-16/h2-10,27-28H,1H3,(H2,24,26). The van der Waals surface area contributed by atoms with Crippen LogP contribution in [-0.4, -0.2) is 29.5 Å². The summed E-state index contributed by atoms with van der Waals surface area (Å²) >= 11 is 0.556. The molecule has 0 saturated carbocycles. The van der Waals surface area contributed by atoms with Crippen molar-refractivity contribution in [1.82, 2.24) is 4.98 Å². The van der Waals surface area contributed by atoms with Gasteiger partial charge in [0.25, 0.3) is 0 Å².